The van der Waals surface area contributed by atoms with Crippen LogP contribution in [0.3, 0.4) is 0 Å². The Balaban J connectivity index is 1.38. The molecule has 0 fully saturated rings. The Kier molecular flexibility index (Phi) is 6.26. The van der Waals surface area contributed by atoms with E-state index in [1.807, 2.05) is 53.4 Å². The van der Waals surface area contributed by atoms with Crippen LogP contribution in [0.4, 0.5) is 16.2 Å². The van der Waals surface area contributed by atoms with Crippen LogP contribution < -0.4 is 25.0 Å². The van der Waals surface area contributed by atoms with Crippen molar-refractivity contribution in [3.63, 3.8) is 0 Å². The Bertz CT molecular complexity index is 1130. The standard InChI is InChI=1S/C25H25N3O4/c1-31-20-9-10-21(23(15-20)32-2)27-25(30)26-16-17-8-11-22-19(14-17)12-13-28(22)24(29)18-6-4-3-5-7-18/h3-11,14-15H,12-13,16H2,1-2H3,(H2,26,27,30). The number of amides is 3. The first-order valence-electron chi connectivity index (χ1n) is 10.3. The second kappa shape index (κ2) is 9.43. The summed E-state index contributed by atoms with van der Waals surface area (Å²) >= 11 is 0. The summed E-state index contributed by atoms with van der Waals surface area (Å²) in [5.41, 5.74) is 4.22. The van der Waals surface area contributed by atoms with Gasteiger partial charge in [0.05, 0.1) is 19.9 Å². The predicted octanol–water partition coefficient (Wildman–Crippen LogP) is 4.23. The Morgan fingerprint density at radius 1 is 0.969 bits per heavy atom. The molecule has 7 nitrogen and oxygen atoms in total. The van der Waals surface area contributed by atoms with Crippen LogP contribution in [0.25, 0.3) is 0 Å². The fraction of sp³-hybridized carbons (Fsp3) is 0.200. The molecule has 7 heteroatoms. The van der Waals surface area contributed by atoms with E-state index in [-0.39, 0.29) is 11.9 Å². The van der Waals surface area contributed by atoms with Crippen LogP contribution in [-0.4, -0.2) is 32.7 Å². The van der Waals surface area contributed by atoms with E-state index in [0.717, 1.165) is 23.2 Å². The maximum absolute atomic E-state index is 12.8. The first-order valence-corrected chi connectivity index (χ1v) is 10.3. The molecule has 0 saturated heterocycles. The van der Waals surface area contributed by atoms with Gasteiger partial charge in [-0.25, -0.2) is 4.79 Å². The lowest BCUT2D eigenvalue weighted by Gasteiger charge is -2.18. The largest absolute Gasteiger partial charge is 0.497 e. The number of anilines is 2. The number of carbonyl (C=O) groups excluding carboxylic acids is 2. The minimum absolute atomic E-state index is 0.00282. The number of fused-ring (bicyclic) bond motifs is 1. The van der Waals surface area contributed by atoms with Crippen molar-refractivity contribution in [3.8, 4) is 11.5 Å². The molecule has 164 valence electrons. The Labute approximate surface area is 187 Å². The molecule has 32 heavy (non-hydrogen) atoms. The summed E-state index contributed by atoms with van der Waals surface area (Å²) in [6.07, 6.45) is 0.789. The fourth-order valence-electron chi connectivity index (χ4n) is 3.76. The highest BCUT2D eigenvalue weighted by Crippen LogP contribution is 2.31. The summed E-state index contributed by atoms with van der Waals surface area (Å²) < 4.78 is 10.5. The number of nitrogens with one attached hydrogen (secondary N) is 2. The summed E-state index contributed by atoms with van der Waals surface area (Å²) in [4.78, 5) is 27.0. The van der Waals surface area contributed by atoms with Crippen molar-refractivity contribution in [1.29, 1.82) is 0 Å². The molecule has 0 bridgehead atoms. The minimum Gasteiger partial charge on any atom is -0.497 e. The van der Waals surface area contributed by atoms with E-state index in [0.29, 0.717) is 35.8 Å². The predicted molar refractivity (Wildman–Crippen MR) is 124 cm³/mol. The molecule has 0 aliphatic carbocycles. The summed E-state index contributed by atoms with van der Waals surface area (Å²) in [5, 5.41) is 5.65. The summed E-state index contributed by atoms with van der Waals surface area (Å²) in [7, 11) is 3.11. The molecule has 1 heterocycles. The van der Waals surface area contributed by atoms with Crippen LogP contribution in [-0.2, 0) is 13.0 Å². The molecule has 4 rings (SSSR count). The first-order chi connectivity index (χ1) is 15.6. The number of urea groups is 1. The van der Waals surface area contributed by atoms with Gasteiger partial charge in [0.1, 0.15) is 11.5 Å². The normalized spacial score (nSPS) is 12.1. The molecule has 1 aliphatic heterocycles. The topological polar surface area (TPSA) is 79.9 Å². The van der Waals surface area contributed by atoms with Crippen molar-refractivity contribution < 1.29 is 19.1 Å². The Morgan fingerprint density at radius 3 is 2.53 bits per heavy atom. The molecule has 0 radical (unpaired) electrons. The lowest BCUT2D eigenvalue weighted by atomic mass is 10.1. The SMILES string of the molecule is COc1ccc(NC(=O)NCc2ccc3c(c2)CCN3C(=O)c2ccccc2)c(OC)c1. The summed E-state index contributed by atoms with van der Waals surface area (Å²) in [6, 6.07) is 20.1. The lowest BCUT2D eigenvalue weighted by molar-refractivity contribution is 0.0989. The maximum atomic E-state index is 12.8. The quantitative estimate of drug-likeness (QED) is 0.612. The zero-order valence-corrected chi connectivity index (χ0v) is 18.1. The highest BCUT2D eigenvalue weighted by atomic mass is 16.5. The number of rotatable bonds is 6. The van der Waals surface area contributed by atoms with Gasteiger partial charge in [0.15, 0.2) is 0 Å². The lowest BCUT2D eigenvalue weighted by Crippen LogP contribution is -2.29. The molecule has 0 saturated carbocycles. The number of benzene rings is 3. The van der Waals surface area contributed by atoms with Gasteiger partial charge in [0, 0.05) is 30.4 Å². The number of carbonyl (C=O) groups is 2. The van der Waals surface area contributed by atoms with E-state index < -0.39 is 0 Å². The molecule has 0 aromatic heterocycles. The summed E-state index contributed by atoms with van der Waals surface area (Å²) in [6.45, 7) is 1.02. The molecule has 3 aromatic carbocycles. The fourth-order valence-corrected chi connectivity index (χ4v) is 3.76. The van der Waals surface area contributed by atoms with Crippen molar-refractivity contribution in [2.45, 2.75) is 13.0 Å². The smallest absolute Gasteiger partial charge is 0.319 e. The molecule has 3 aromatic rings. The van der Waals surface area contributed by atoms with E-state index in [9.17, 15) is 9.59 Å². The zero-order valence-electron chi connectivity index (χ0n) is 18.1. The summed E-state index contributed by atoms with van der Waals surface area (Å²) in [5.74, 6) is 1.16. The molecule has 0 atom stereocenters. The van der Waals surface area contributed by atoms with Crippen molar-refractivity contribution in [2.75, 3.05) is 31.0 Å². The number of ether oxygens (including phenoxy) is 2. The third-order valence-corrected chi connectivity index (χ3v) is 5.42. The van der Waals surface area contributed by atoms with Gasteiger partial charge in [-0.1, -0.05) is 30.3 Å². The van der Waals surface area contributed by atoms with Crippen molar-refractivity contribution in [1.82, 2.24) is 5.32 Å². The number of methoxy groups -OCH3 is 2. The third-order valence-electron chi connectivity index (χ3n) is 5.42. The molecule has 0 spiro atoms. The van der Waals surface area contributed by atoms with Crippen LogP contribution in [0.2, 0.25) is 0 Å². The highest BCUT2D eigenvalue weighted by molar-refractivity contribution is 6.07. The van der Waals surface area contributed by atoms with Gasteiger partial charge in [-0.15, -0.1) is 0 Å². The molecule has 1 aliphatic rings. The van der Waals surface area contributed by atoms with Gasteiger partial charge in [0.2, 0.25) is 0 Å². The van der Waals surface area contributed by atoms with Gasteiger partial charge < -0.3 is 25.0 Å². The van der Waals surface area contributed by atoms with E-state index in [1.165, 1.54) is 7.11 Å². The van der Waals surface area contributed by atoms with Crippen LogP contribution in [0.1, 0.15) is 21.5 Å². The van der Waals surface area contributed by atoms with Gasteiger partial charge in [0.25, 0.3) is 5.91 Å². The van der Waals surface area contributed by atoms with Crippen LogP contribution in [0.5, 0.6) is 11.5 Å². The van der Waals surface area contributed by atoms with E-state index >= 15 is 0 Å². The molecule has 3 amide bonds. The molecular formula is C25H25N3O4. The minimum atomic E-state index is -0.338. The average molecular weight is 431 g/mol. The number of nitrogens with zero attached hydrogens (tertiary/aromatic N) is 1. The van der Waals surface area contributed by atoms with Gasteiger partial charge in [-0.2, -0.15) is 0 Å². The van der Waals surface area contributed by atoms with E-state index in [1.54, 1.807) is 25.3 Å². The maximum Gasteiger partial charge on any atom is 0.319 e. The molecule has 0 unspecified atom stereocenters. The monoisotopic (exact) mass is 431 g/mol. The van der Waals surface area contributed by atoms with Gasteiger partial charge in [-0.05, 0) is 47.9 Å². The first kappa shape index (κ1) is 21.2. The second-order valence-corrected chi connectivity index (χ2v) is 7.41. The van der Waals surface area contributed by atoms with Gasteiger partial charge in [-0.3, -0.25) is 4.79 Å². The molecular weight excluding hydrogens is 406 g/mol. The average Bonchev–Trinajstić information content (AvgIpc) is 3.26. The second-order valence-electron chi connectivity index (χ2n) is 7.41. The Morgan fingerprint density at radius 2 is 1.78 bits per heavy atom. The van der Waals surface area contributed by atoms with Crippen LogP contribution in [0, 0.1) is 0 Å². The van der Waals surface area contributed by atoms with Crippen molar-refractivity contribution >= 4 is 23.3 Å². The van der Waals surface area contributed by atoms with E-state index in [2.05, 4.69) is 10.6 Å². The molecule has 2 N–H and O–H groups in total. The zero-order chi connectivity index (χ0) is 22.5. The van der Waals surface area contributed by atoms with Gasteiger partial charge >= 0.3 is 6.03 Å². The van der Waals surface area contributed by atoms with Crippen molar-refractivity contribution in [3.05, 3.63) is 83.4 Å². The third kappa shape index (κ3) is 4.51. The van der Waals surface area contributed by atoms with Crippen molar-refractivity contribution in [2.24, 2.45) is 0 Å². The van der Waals surface area contributed by atoms with Crippen LogP contribution >= 0.6 is 0 Å². The number of hydrogen-bond donors (Lipinski definition) is 2. The number of hydrogen-bond acceptors (Lipinski definition) is 4. The van der Waals surface area contributed by atoms with Crippen LogP contribution in [0.15, 0.2) is 66.7 Å². The highest BCUT2D eigenvalue weighted by Gasteiger charge is 2.25. The van der Waals surface area contributed by atoms with E-state index in [4.69, 9.17) is 9.47 Å². The Hall–Kier alpha value is -4.00.